The van der Waals surface area contributed by atoms with Gasteiger partial charge in [0.25, 0.3) is 0 Å². The molecule has 1 aliphatic heterocycles. The highest BCUT2D eigenvalue weighted by Crippen LogP contribution is 2.35. The van der Waals surface area contributed by atoms with E-state index in [1.807, 2.05) is 32.0 Å². The number of aliphatic hydroxyl groups is 1. The van der Waals surface area contributed by atoms with Gasteiger partial charge in [0.2, 0.25) is 5.91 Å². The summed E-state index contributed by atoms with van der Waals surface area (Å²) in [6.45, 7) is 3.99. The van der Waals surface area contributed by atoms with Gasteiger partial charge in [0, 0.05) is 16.3 Å². The number of amides is 1. The minimum atomic E-state index is -0.794. The van der Waals surface area contributed by atoms with Crippen LogP contribution in [-0.4, -0.2) is 11.0 Å². The van der Waals surface area contributed by atoms with Crippen LogP contribution in [0.15, 0.2) is 30.3 Å². The molecule has 1 heterocycles. The van der Waals surface area contributed by atoms with E-state index in [-0.39, 0.29) is 5.91 Å². The monoisotopic (exact) mass is 301 g/mol. The average Bonchev–Trinajstić information content (AvgIpc) is 2.75. The quantitative estimate of drug-likeness (QED) is 0.891. The average molecular weight is 302 g/mol. The minimum Gasteiger partial charge on any atom is -0.384 e. The molecule has 3 nitrogen and oxygen atoms in total. The van der Waals surface area contributed by atoms with Crippen molar-refractivity contribution in [3.8, 4) is 0 Å². The zero-order valence-corrected chi connectivity index (χ0v) is 12.7. The Kier molecular flexibility index (Phi) is 3.47. The molecule has 0 bridgehead atoms. The number of aliphatic hydroxyl groups excluding tert-OH is 1. The molecule has 0 spiro atoms. The smallest absolute Gasteiger partial charge is 0.228 e. The number of fused-ring (bicyclic) bond motifs is 1. The van der Waals surface area contributed by atoms with Gasteiger partial charge in [-0.3, -0.25) is 4.79 Å². The summed E-state index contributed by atoms with van der Waals surface area (Å²) in [5, 5.41) is 13.8. The Morgan fingerprint density at radius 2 is 1.81 bits per heavy atom. The van der Waals surface area contributed by atoms with Gasteiger partial charge < -0.3 is 10.4 Å². The molecule has 2 N–H and O–H groups in total. The Balaban J connectivity index is 2.04. The molecular formula is C17H16ClNO2. The topological polar surface area (TPSA) is 49.3 Å². The molecule has 21 heavy (non-hydrogen) atoms. The summed E-state index contributed by atoms with van der Waals surface area (Å²) in [5.74, 6) is -0.0425. The second-order valence-electron chi connectivity index (χ2n) is 5.58. The van der Waals surface area contributed by atoms with Gasteiger partial charge >= 0.3 is 0 Å². The van der Waals surface area contributed by atoms with Crippen LogP contribution in [0.4, 0.5) is 5.69 Å². The van der Waals surface area contributed by atoms with Crippen LogP contribution in [0, 0.1) is 13.8 Å². The normalized spacial score (nSPS) is 14.8. The lowest BCUT2D eigenvalue weighted by atomic mass is 9.96. The molecule has 1 unspecified atom stereocenters. The van der Waals surface area contributed by atoms with Crippen LogP contribution in [-0.2, 0) is 11.2 Å². The van der Waals surface area contributed by atoms with E-state index in [2.05, 4.69) is 11.4 Å². The first kappa shape index (κ1) is 14.1. The summed E-state index contributed by atoms with van der Waals surface area (Å²) >= 11 is 6.27. The number of rotatable bonds is 2. The largest absolute Gasteiger partial charge is 0.384 e. The molecular weight excluding hydrogens is 286 g/mol. The third kappa shape index (κ3) is 2.67. The SMILES string of the molecule is Cc1cc(C)cc(C(O)c2cc3c(cc2Cl)NC(=O)C3)c1. The van der Waals surface area contributed by atoms with E-state index in [1.165, 1.54) is 0 Å². The van der Waals surface area contributed by atoms with E-state index in [9.17, 15) is 9.90 Å². The molecule has 1 atom stereocenters. The second kappa shape index (κ2) is 5.17. The third-order valence-electron chi connectivity index (χ3n) is 3.70. The number of hydrogen-bond acceptors (Lipinski definition) is 2. The van der Waals surface area contributed by atoms with Crippen molar-refractivity contribution in [1.29, 1.82) is 0 Å². The molecule has 2 aromatic carbocycles. The minimum absolute atomic E-state index is 0.0425. The number of carbonyl (C=O) groups excluding carboxylic acids is 1. The van der Waals surface area contributed by atoms with E-state index in [4.69, 9.17) is 11.6 Å². The Labute approximate surface area is 128 Å². The van der Waals surface area contributed by atoms with Gasteiger partial charge in [-0.15, -0.1) is 0 Å². The van der Waals surface area contributed by atoms with Gasteiger partial charge in [0.15, 0.2) is 0 Å². The summed E-state index contributed by atoms with van der Waals surface area (Å²) in [6, 6.07) is 9.49. The Bertz CT molecular complexity index is 720. The highest BCUT2D eigenvalue weighted by atomic mass is 35.5. The van der Waals surface area contributed by atoms with E-state index >= 15 is 0 Å². The van der Waals surface area contributed by atoms with Crippen molar-refractivity contribution in [3.05, 3.63) is 63.2 Å². The lowest BCUT2D eigenvalue weighted by Crippen LogP contribution is -2.03. The maximum absolute atomic E-state index is 11.4. The zero-order chi connectivity index (χ0) is 15.1. The van der Waals surface area contributed by atoms with E-state index in [0.29, 0.717) is 17.0 Å². The number of nitrogens with one attached hydrogen (secondary N) is 1. The van der Waals surface area contributed by atoms with Crippen molar-refractivity contribution in [1.82, 2.24) is 0 Å². The molecule has 1 amide bonds. The van der Waals surface area contributed by atoms with E-state index in [1.54, 1.807) is 6.07 Å². The molecule has 0 aliphatic carbocycles. The van der Waals surface area contributed by atoms with Gasteiger partial charge in [0.1, 0.15) is 6.10 Å². The standard InChI is InChI=1S/C17H16ClNO2/c1-9-3-10(2)5-12(4-9)17(21)13-6-11-7-16(20)19-15(11)8-14(13)18/h3-6,8,17,21H,7H2,1-2H3,(H,19,20). The number of aryl methyl sites for hydroxylation is 2. The summed E-state index contributed by atoms with van der Waals surface area (Å²) < 4.78 is 0. The molecule has 0 saturated carbocycles. The number of anilines is 1. The molecule has 1 aliphatic rings. The van der Waals surface area contributed by atoms with E-state index in [0.717, 1.165) is 27.9 Å². The van der Waals surface area contributed by atoms with Gasteiger partial charge in [-0.2, -0.15) is 0 Å². The summed E-state index contributed by atoms with van der Waals surface area (Å²) in [7, 11) is 0. The number of hydrogen-bond donors (Lipinski definition) is 2. The maximum Gasteiger partial charge on any atom is 0.228 e. The Morgan fingerprint density at radius 1 is 1.14 bits per heavy atom. The van der Waals surface area contributed by atoms with Crippen LogP contribution in [0.25, 0.3) is 0 Å². The fourth-order valence-corrected chi connectivity index (χ4v) is 3.09. The van der Waals surface area contributed by atoms with Crippen LogP contribution in [0.1, 0.15) is 33.9 Å². The molecule has 0 radical (unpaired) electrons. The van der Waals surface area contributed by atoms with Crippen molar-refractivity contribution >= 4 is 23.2 Å². The first-order chi connectivity index (χ1) is 9.94. The highest BCUT2D eigenvalue weighted by molar-refractivity contribution is 6.32. The molecule has 0 saturated heterocycles. The number of halogens is 1. The van der Waals surface area contributed by atoms with Crippen molar-refractivity contribution in [3.63, 3.8) is 0 Å². The summed E-state index contributed by atoms with van der Waals surface area (Å²) in [5.41, 5.74) is 5.25. The van der Waals surface area contributed by atoms with Crippen LogP contribution in [0.2, 0.25) is 5.02 Å². The predicted molar refractivity (Wildman–Crippen MR) is 83.8 cm³/mol. The number of benzene rings is 2. The van der Waals surface area contributed by atoms with E-state index < -0.39 is 6.10 Å². The second-order valence-corrected chi connectivity index (χ2v) is 5.99. The molecule has 4 heteroatoms. The van der Waals surface area contributed by atoms with Crippen molar-refractivity contribution in [2.45, 2.75) is 26.4 Å². The third-order valence-corrected chi connectivity index (χ3v) is 4.03. The Hall–Kier alpha value is -1.84. The lowest BCUT2D eigenvalue weighted by Gasteiger charge is -2.16. The first-order valence-corrected chi connectivity index (χ1v) is 7.20. The first-order valence-electron chi connectivity index (χ1n) is 6.82. The van der Waals surface area contributed by atoms with Crippen molar-refractivity contribution in [2.75, 3.05) is 5.32 Å². The fourth-order valence-electron chi connectivity index (χ4n) is 2.82. The van der Waals surface area contributed by atoms with Crippen LogP contribution < -0.4 is 5.32 Å². The van der Waals surface area contributed by atoms with Gasteiger partial charge in [-0.1, -0.05) is 40.9 Å². The fraction of sp³-hybridized carbons (Fsp3) is 0.235. The summed E-state index contributed by atoms with van der Waals surface area (Å²) in [4.78, 5) is 11.4. The van der Waals surface area contributed by atoms with Gasteiger partial charge in [-0.25, -0.2) is 0 Å². The van der Waals surface area contributed by atoms with Crippen LogP contribution in [0.5, 0.6) is 0 Å². The molecule has 0 fully saturated rings. The predicted octanol–water partition coefficient (Wildman–Crippen LogP) is 3.53. The summed E-state index contributed by atoms with van der Waals surface area (Å²) in [6.07, 6.45) is -0.462. The lowest BCUT2D eigenvalue weighted by molar-refractivity contribution is -0.115. The maximum atomic E-state index is 11.4. The van der Waals surface area contributed by atoms with Crippen LogP contribution in [0.3, 0.4) is 0 Å². The Morgan fingerprint density at radius 3 is 2.48 bits per heavy atom. The molecule has 2 aromatic rings. The van der Waals surface area contributed by atoms with Gasteiger partial charge in [-0.05, 0) is 37.1 Å². The molecule has 3 rings (SSSR count). The number of carbonyl (C=O) groups is 1. The van der Waals surface area contributed by atoms with Crippen molar-refractivity contribution < 1.29 is 9.90 Å². The van der Waals surface area contributed by atoms with Crippen molar-refractivity contribution in [2.24, 2.45) is 0 Å². The van der Waals surface area contributed by atoms with Crippen LogP contribution >= 0.6 is 11.6 Å². The highest BCUT2D eigenvalue weighted by Gasteiger charge is 2.22. The molecule has 108 valence electrons. The zero-order valence-electron chi connectivity index (χ0n) is 11.9. The van der Waals surface area contributed by atoms with Gasteiger partial charge in [0.05, 0.1) is 6.42 Å². The molecule has 0 aromatic heterocycles.